The molecule has 0 aliphatic heterocycles. The zero-order valence-electron chi connectivity index (χ0n) is 11.4. The highest BCUT2D eigenvalue weighted by atomic mass is 35.5. The molecule has 2 rings (SSSR count). The molecule has 0 bridgehead atoms. The van der Waals surface area contributed by atoms with Crippen LogP contribution in [0.15, 0.2) is 11.4 Å². The quantitative estimate of drug-likeness (QED) is 0.466. The van der Waals surface area contributed by atoms with Crippen LogP contribution in [0.1, 0.15) is 13.8 Å². The largest absolute Gasteiger partial charge is 0.330 e. The lowest BCUT2D eigenvalue weighted by Crippen LogP contribution is -2.25. The molecule has 0 radical (unpaired) electrons. The first-order valence-electron chi connectivity index (χ1n) is 6.35. The van der Waals surface area contributed by atoms with Crippen molar-refractivity contribution in [3.05, 3.63) is 11.6 Å². The molecule has 0 aliphatic carbocycles. The molecule has 0 unspecified atom stereocenters. The van der Waals surface area contributed by atoms with Crippen LogP contribution in [-0.4, -0.2) is 49.8 Å². The molecule has 5 nitrogen and oxygen atoms in total. The Labute approximate surface area is 122 Å². The number of hydrogen-bond donors (Lipinski definition) is 0. The Kier molecular flexibility index (Phi) is 5.01. The summed E-state index contributed by atoms with van der Waals surface area (Å²) in [7, 11) is 1.95. The van der Waals surface area contributed by atoms with Crippen molar-refractivity contribution in [3.63, 3.8) is 0 Å². The van der Waals surface area contributed by atoms with Gasteiger partial charge in [-0.3, -0.25) is 0 Å². The zero-order chi connectivity index (χ0) is 13.8. The molecule has 2 aromatic heterocycles. The Morgan fingerprint density at radius 3 is 2.74 bits per heavy atom. The number of nitrogens with zero attached hydrogens (tertiary/aromatic N) is 5. The van der Waals surface area contributed by atoms with Crippen molar-refractivity contribution in [1.29, 1.82) is 0 Å². The average molecular weight is 300 g/mol. The molecule has 0 aliphatic rings. The van der Waals surface area contributed by atoms with E-state index in [9.17, 15) is 0 Å². The van der Waals surface area contributed by atoms with E-state index in [0.717, 1.165) is 35.9 Å². The number of rotatable bonds is 6. The third kappa shape index (κ3) is 3.38. The van der Waals surface area contributed by atoms with Gasteiger partial charge in [0.2, 0.25) is 5.28 Å². The van der Waals surface area contributed by atoms with E-state index in [4.69, 9.17) is 11.6 Å². The molecule has 104 valence electrons. The lowest BCUT2D eigenvalue weighted by Gasteiger charge is -2.17. The van der Waals surface area contributed by atoms with Crippen molar-refractivity contribution in [2.45, 2.75) is 18.9 Å². The summed E-state index contributed by atoms with van der Waals surface area (Å²) in [5, 5.41) is 1.17. The van der Waals surface area contributed by atoms with E-state index in [1.165, 1.54) is 0 Å². The number of aromatic nitrogens is 4. The molecule has 0 saturated carbocycles. The Balaban J connectivity index is 2.13. The molecule has 2 aromatic rings. The van der Waals surface area contributed by atoms with Crippen LogP contribution >= 0.6 is 23.4 Å². The zero-order valence-corrected chi connectivity index (χ0v) is 13.0. The Bertz CT molecular complexity index is 552. The van der Waals surface area contributed by atoms with Gasteiger partial charge in [0.15, 0.2) is 5.65 Å². The van der Waals surface area contributed by atoms with Gasteiger partial charge < -0.3 is 9.47 Å². The number of fused-ring (bicyclic) bond motifs is 1. The maximum absolute atomic E-state index is 5.93. The second-order valence-corrected chi connectivity index (χ2v) is 5.62. The van der Waals surface area contributed by atoms with Gasteiger partial charge in [0.05, 0.1) is 6.33 Å². The summed E-state index contributed by atoms with van der Waals surface area (Å²) in [6.07, 6.45) is 1.74. The molecule has 19 heavy (non-hydrogen) atoms. The van der Waals surface area contributed by atoms with Crippen molar-refractivity contribution in [3.8, 4) is 0 Å². The van der Waals surface area contributed by atoms with E-state index >= 15 is 0 Å². The van der Waals surface area contributed by atoms with Crippen LogP contribution in [-0.2, 0) is 7.05 Å². The van der Waals surface area contributed by atoms with E-state index in [0.29, 0.717) is 5.65 Å². The van der Waals surface area contributed by atoms with Gasteiger partial charge in [-0.1, -0.05) is 13.8 Å². The highest BCUT2D eigenvalue weighted by molar-refractivity contribution is 7.99. The molecule has 0 amide bonds. The van der Waals surface area contributed by atoms with Gasteiger partial charge in [0.1, 0.15) is 10.5 Å². The lowest BCUT2D eigenvalue weighted by molar-refractivity contribution is 0.324. The third-order valence-electron chi connectivity index (χ3n) is 3.05. The van der Waals surface area contributed by atoms with E-state index < -0.39 is 0 Å². The van der Waals surface area contributed by atoms with E-state index in [2.05, 4.69) is 33.7 Å². The molecule has 0 saturated heterocycles. The van der Waals surface area contributed by atoms with E-state index in [-0.39, 0.29) is 5.28 Å². The van der Waals surface area contributed by atoms with Gasteiger partial charge in [-0.2, -0.15) is 4.98 Å². The smallest absolute Gasteiger partial charge is 0.225 e. The SMILES string of the molecule is CCN(CC)CCSc1nc(Cl)nc2ncn(C)c12. The highest BCUT2D eigenvalue weighted by Crippen LogP contribution is 2.25. The molecule has 0 fully saturated rings. The maximum atomic E-state index is 5.93. The first-order valence-corrected chi connectivity index (χ1v) is 7.71. The third-order valence-corrected chi connectivity index (χ3v) is 4.17. The number of aryl methyl sites for hydroxylation is 1. The summed E-state index contributed by atoms with van der Waals surface area (Å²) >= 11 is 7.64. The summed E-state index contributed by atoms with van der Waals surface area (Å²) in [6, 6.07) is 0. The van der Waals surface area contributed by atoms with Gasteiger partial charge in [-0.05, 0) is 24.7 Å². The summed E-state index contributed by atoms with van der Waals surface area (Å²) in [5.74, 6) is 0.981. The Morgan fingerprint density at radius 2 is 2.05 bits per heavy atom. The molecule has 0 atom stereocenters. The summed E-state index contributed by atoms with van der Waals surface area (Å²) in [6.45, 7) is 7.54. The molecule has 2 heterocycles. The fourth-order valence-electron chi connectivity index (χ4n) is 1.91. The Morgan fingerprint density at radius 1 is 1.32 bits per heavy atom. The number of hydrogen-bond acceptors (Lipinski definition) is 5. The first kappa shape index (κ1) is 14.6. The van der Waals surface area contributed by atoms with E-state index in [1.807, 2.05) is 11.6 Å². The summed E-state index contributed by atoms with van der Waals surface area (Å²) < 4.78 is 1.94. The standard InChI is InChI=1S/C12H18ClN5S/c1-4-18(5-2)6-7-19-11-9-10(14-8-17(9)3)15-12(13)16-11/h8H,4-7H2,1-3H3. The van der Waals surface area contributed by atoms with Crippen LogP contribution in [0, 0.1) is 0 Å². The summed E-state index contributed by atoms with van der Waals surface area (Å²) in [5.41, 5.74) is 1.61. The van der Waals surface area contributed by atoms with Crippen LogP contribution in [0.2, 0.25) is 5.28 Å². The fourth-order valence-corrected chi connectivity index (χ4v) is 3.19. The Hall–Kier alpha value is -0.850. The van der Waals surface area contributed by atoms with Crippen LogP contribution in [0.3, 0.4) is 0 Å². The maximum Gasteiger partial charge on any atom is 0.225 e. The average Bonchev–Trinajstić information content (AvgIpc) is 2.76. The number of halogens is 1. The van der Waals surface area contributed by atoms with Crippen LogP contribution in [0.25, 0.3) is 11.2 Å². The van der Waals surface area contributed by atoms with Gasteiger partial charge in [0, 0.05) is 19.3 Å². The van der Waals surface area contributed by atoms with Crippen LogP contribution in [0.4, 0.5) is 0 Å². The van der Waals surface area contributed by atoms with Crippen LogP contribution in [0.5, 0.6) is 0 Å². The number of thioether (sulfide) groups is 1. The topological polar surface area (TPSA) is 46.8 Å². The molecule has 7 heteroatoms. The van der Waals surface area contributed by atoms with Crippen molar-refractivity contribution in [2.24, 2.45) is 7.05 Å². The first-order chi connectivity index (χ1) is 9.15. The monoisotopic (exact) mass is 299 g/mol. The number of imidazole rings is 1. The van der Waals surface area contributed by atoms with Gasteiger partial charge >= 0.3 is 0 Å². The second kappa shape index (κ2) is 6.54. The molecular formula is C12H18ClN5S. The minimum Gasteiger partial charge on any atom is -0.330 e. The minimum absolute atomic E-state index is 0.261. The molecule has 0 spiro atoms. The van der Waals surface area contributed by atoms with Crippen molar-refractivity contribution in [1.82, 2.24) is 24.4 Å². The summed E-state index contributed by atoms with van der Waals surface area (Å²) in [4.78, 5) is 15.1. The molecule has 0 N–H and O–H groups in total. The lowest BCUT2D eigenvalue weighted by atomic mass is 10.5. The predicted octanol–water partition coefficient (Wildman–Crippen LogP) is 2.45. The second-order valence-electron chi connectivity index (χ2n) is 4.20. The molecular weight excluding hydrogens is 282 g/mol. The van der Waals surface area contributed by atoms with Gasteiger partial charge in [0.25, 0.3) is 0 Å². The van der Waals surface area contributed by atoms with Crippen molar-refractivity contribution >= 4 is 34.5 Å². The van der Waals surface area contributed by atoms with Crippen molar-refractivity contribution < 1.29 is 0 Å². The van der Waals surface area contributed by atoms with Gasteiger partial charge in [-0.25, -0.2) is 9.97 Å². The molecule has 0 aromatic carbocycles. The van der Waals surface area contributed by atoms with E-state index in [1.54, 1.807) is 18.1 Å². The fraction of sp³-hybridized carbons (Fsp3) is 0.583. The van der Waals surface area contributed by atoms with Crippen molar-refractivity contribution in [2.75, 3.05) is 25.4 Å². The normalized spacial score (nSPS) is 11.6. The van der Waals surface area contributed by atoms with Crippen LogP contribution < -0.4 is 0 Å². The highest BCUT2D eigenvalue weighted by Gasteiger charge is 2.12. The predicted molar refractivity (Wildman–Crippen MR) is 79.8 cm³/mol. The minimum atomic E-state index is 0.261. The van der Waals surface area contributed by atoms with Gasteiger partial charge in [-0.15, -0.1) is 11.8 Å².